The van der Waals surface area contributed by atoms with Gasteiger partial charge >= 0.3 is 0 Å². The van der Waals surface area contributed by atoms with Crippen LogP contribution in [0.25, 0.3) is 11.0 Å². The molecular formula is C11H13NO. The Morgan fingerprint density at radius 2 is 1.92 bits per heavy atom. The molecule has 0 aliphatic carbocycles. The Labute approximate surface area is 77.8 Å². The van der Waals surface area contributed by atoms with Gasteiger partial charge in [-0.2, -0.15) is 0 Å². The van der Waals surface area contributed by atoms with E-state index < -0.39 is 0 Å². The molecule has 0 amide bonds. The standard InChI is InChI=1S/C11H13NO/c1-8-6-9-4-5-10(12(2)3)7-11(9)13-8/h4-7H,1-3H3. The monoisotopic (exact) mass is 175 g/mol. The predicted molar refractivity (Wildman–Crippen MR) is 55.3 cm³/mol. The molecule has 2 nitrogen and oxygen atoms in total. The SMILES string of the molecule is Cc1cc2ccc(N(C)C)cc2o1. The Kier molecular flexibility index (Phi) is 1.76. The summed E-state index contributed by atoms with van der Waals surface area (Å²) in [6.45, 7) is 1.97. The van der Waals surface area contributed by atoms with Gasteiger partial charge in [-0.05, 0) is 25.1 Å². The number of hydrogen-bond donors (Lipinski definition) is 0. The van der Waals surface area contributed by atoms with Gasteiger partial charge in [-0.3, -0.25) is 0 Å². The molecule has 0 bridgehead atoms. The number of anilines is 1. The van der Waals surface area contributed by atoms with Crippen molar-refractivity contribution in [2.24, 2.45) is 0 Å². The van der Waals surface area contributed by atoms with Crippen molar-refractivity contribution in [1.82, 2.24) is 0 Å². The van der Waals surface area contributed by atoms with Crippen LogP contribution >= 0.6 is 0 Å². The van der Waals surface area contributed by atoms with Crippen LogP contribution in [0, 0.1) is 6.92 Å². The van der Waals surface area contributed by atoms with Gasteiger partial charge in [-0.25, -0.2) is 0 Å². The summed E-state index contributed by atoms with van der Waals surface area (Å²) in [5, 5.41) is 1.17. The molecule has 0 fully saturated rings. The fourth-order valence-electron chi connectivity index (χ4n) is 1.43. The number of nitrogens with zero attached hydrogens (tertiary/aromatic N) is 1. The average molecular weight is 175 g/mol. The topological polar surface area (TPSA) is 16.4 Å². The molecule has 1 aromatic heterocycles. The molecule has 0 unspecified atom stereocenters. The Morgan fingerprint density at radius 3 is 2.62 bits per heavy atom. The second kappa shape index (κ2) is 2.80. The maximum atomic E-state index is 5.53. The first-order valence-electron chi connectivity index (χ1n) is 4.34. The number of aryl methyl sites for hydroxylation is 1. The Balaban J connectivity index is 2.61. The molecule has 1 heterocycles. The molecule has 13 heavy (non-hydrogen) atoms. The zero-order valence-corrected chi connectivity index (χ0v) is 8.16. The molecule has 0 radical (unpaired) electrons. The van der Waals surface area contributed by atoms with Gasteiger partial charge < -0.3 is 9.32 Å². The van der Waals surface area contributed by atoms with Gasteiger partial charge in [-0.1, -0.05) is 0 Å². The van der Waals surface area contributed by atoms with Crippen LogP contribution in [-0.2, 0) is 0 Å². The molecule has 2 rings (SSSR count). The maximum Gasteiger partial charge on any atom is 0.136 e. The minimum absolute atomic E-state index is 0.962. The number of rotatable bonds is 1. The highest BCUT2D eigenvalue weighted by Gasteiger charge is 2.01. The number of benzene rings is 1. The van der Waals surface area contributed by atoms with Crippen LogP contribution in [0.5, 0.6) is 0 Å². The lowest BCUT2D eigenvalue weighted by molar-refractivity contribution is 0.578. The first-order chi connectivity index (χ1) is 6.16. The van der Waals surface area contributed by atoms with Crippen molar-refractivity contribution in [3.63, 3.8) is 0 Å². The molecule has 0 saturated heterocycles. The third-order valence-corrected chi connectivity index (χ3v) is 2.14. The van der Waals surface area contributed by atoms with Gasteiger partial charge in [0, 0.05) is 31.2 Å². The summed E-state index contributed by atoms with van der Waals surface area (Å²) in [6.07, 6.45) is 0. The summed E-state index contributed by atoms with van der Waals surface area (Å²) >= 11 is 0. The molecule has 0 spiro atoms. The van der Waals surface area contributed by atoms with E-state index in [1.165, 1.54) is 11.1 Å². The number of fused-ring (bicyclic) bond motifs is 1. The van der Waals surface area contributed by atoms with Gasteiger partial charge in [0.2, 0.25) is 0 Å². The van der Waals surface area contributed by atoms with E-state index in [2.05, 4.69) is 29.2 Å². The summed E-state index contributed by atoms with van der Waals surface area (Å²) in [4.78, 5) is 2.07. The van der Waals surface area contributed by atoms with E-state index in [0.717, 1.165) is 11.3 Å². The minimum atomic E-state index is 0.962. The van der Waals surface area contributed by atoms with Gasteiger partial charge in [0.15, 0.2) is 0 Å². The lowest BCUT2D eigenvalue weighted by Gasteiger charge is -2.11. The molecule has 68 valence electrons. The summed E-state index contributed by atoms with van der Waals surface area (Å²) in [5.41, 5.74) is 2.13. The molecule has 0 atom stereocenters. The van der Waals surface area contributed by atoms with E-state index >= 15 is 0 Å². The Morgan fingerprint density at radius 1 is 1.15 bits per heavy atom. The third kappa shape index (κ3) is 1.39. The molecule has 0 N–H and O–H groups in total. The zero-order valence-electron chi connectivity index (χ0n) is 8.16. The fraction of sp³-hybridized carbons (Fsp3) is 0.273. The summed E-state index contributed by atoms with van der Waals surface area (Å²) in [5.74, 6) is 0.964. The predicted octanol–water partition coefficient (Wildman–Crippen LogP) is 2.81. The van der Waals surface area contributed by atoms with Crippen LogP contribution in [0.1, 0.15) is 5.76 Å². The van der Waals surface area contributed by atoms with Crippen molar-refractivity contribution < 1.29 is 4.42 Å². The van der Waals surface area contributed by atoms with Crippen molar-refractivity contribution in [1.29, 1.82) is 0 Å². The first kappa shape index (κ1) is 8.17. The van der Waals surface area contributed by atoms with Crippen LogP contribution in [0.3, 0.4) is 0 Å². The Hall–Kier alpha value is -1.44. The van der Waals surface area contributed by atoms with Crippen LogP contribution in [-0.4, -0.2) is 14.1 Å². The summed E-state index contributed by atoms with van der Waals surface area (Å²) in [7, 11) is 4.05. The lowest BCUT2D eigenvalue weighted by Crippen LogP contribution is -2.07. The van der Waals surface area contributed by atoms with Crippen molar-refractivity contribution in [3.05, 3.63) is 30.0 Å². The van der Waals surface area contributed by atoms with Crippen LogP contribution < -0.4 is 4.90 Å². The van der Waals surface area contributed by atoms with Gasteiger partial charge in [0.1, 0.15) is 11.3 Å². The maximum absolute atomic E-state index is 5.53. The first-order valence-corrected chi connectivity index (χ1v) is 4.34. The summed E-state index contributed by atoms with van der Waals surface area (Å²) < 4.78 is 5.53. The molecule has 2 heteroatoms. The normalized spacial score (nSPS) is 10.7. The van der Waals surface area contributed by atoms with E-state index in [1.807, 2.05) is 21.0 Å². The fourth-order valence-corrected chi connectivity index (χ4v) is 1.43. The molecule has 1 aromatic carbocycles. The molecule has 0 saturated carbocycles. The average Bonchev–Trinajstić information content (AvgIpc) is 2.42. The molecular weight excluding hydrogens is 162 g/mol. The van der Waals surface area contributed by atoms with E-state index in [-0.39, 0.29) is 0 Å². The van der Waals surface area contributed by atoms with E-state index in [1.54, 1.807) is 0 Å². The van der Waals surface area contributed by atoms with Crippen LogP contribution in [0.4, 0.5) is 5.69 Å². The minimum Gasteiger partial charge on any atom is -0.461 e. The highest BCUT2D eigenvalue weighted by Crippen LogP contribution is 2.23. The quantitative estimate of drug-likeness (QED) is 0.662. The highest BCUT2D eigenvalue weighted by atomic mass is 16.3. The van der Waals surface area contributed by atoms with Crippen molar-refractivity contribution in [2.75, 3.05) is 19.0 Å². The smallest absolute Gasteiger partial charge is 0.136 e. The summed E-state index contributed by atoms with van der Waals surface area (Å²) in [6, 6.07) is 8.29. The van der Waals surface area contributed by atoms with Gasteiger partial charge in [-0.15, -0.1) is 0 Å². The van der Waals surface area contributed by atoms with E-state index in [0.29, 0.717) is 0 Å². The number of hydrogen-bond acceptors (Lipinski definition) is 2. The second-order valence-corrected chi connectivity index (χ2v) is 3.47. The second-order valence-electron chi connectivity index (χ2n) is 3.47. The van der Waals surface area contributed by atoms with Crippen molar-refractivity contribution in [3.8, 4) is 0 Å². The zero-order chi connectivity index (χ0) is 9.42. The molecule has 0 aliphatic rings. The lowest BCUT2D eigenvalue weighted by atomic mass is 10.2. The third-order valence-electron chi connectivity index (χ3n) is 2.14. The Bertz CT molecular complexity index is 429. The van der Waals surface area contributed by atoms with Gasteiger partial charge in [0.25, 0.3) is 0 Å². The van der Waals surface area contributed by atoms with Crippen molar-refractivity contribution >= 4 is 16.7 Å². The van der Waals surface area contributed by atoms with Crippen LogP contribution in [0.2, 0.25) is 0 Å². The molecule has 2 aromatic rings. The van der Waals surface area contributed by atoms with Gasteiger partial charge in [0.05, 0.1) is 0 Å². The largest absolute Gasteiger partial charge is 0.461 e. The molecule has 0 aliphatic heterocycles. The van der Waals surface area contributed by atoms with Crippen molar-refractivity contribution in [2.45, 2.75) is 6.92 Å². The van der Waals surface area contributed by atoms with E-state index in [9.17, 15) is 0 Å². The van der Waals surface area contributed by atoms with E-state index in [4.69, 9.17) is 4.42 Å². The number of furan rings is 1. The highest BCUT2D eigenvalue weighted by molar-refractivity contribution is 5.81. The van der Waals surface area contributed by atoms with Crippen LogP contribution in [0.15, 0.2) is 28.7 Å².